The van der Waals surface area contributed by atoms with Gasteiger partial charge in [0, 0.05) is 10.4 Å². The van der Waals surface area contributed by atoms with Gasteiger partial charge in [-0.1, -0.05) is 77.6 Å². The largest absolute Gasteiger partial charge is 0.0839 e. The van der Waals surface area contributed by atoms with Gasteiger partial charge in [-0.2, -0.15) is 0 Å². The fourth-order valence-corrected chi connectivity index (χ4v) is 14.0. The third-order valence-corrected chi connectivity index (χ3v) is 15.1. The maximum absolute atomic E-state index is 2.60. The molecule has 0 nitrogen and oxygen atoms in total. The summed E-state index contributed by atoms with van der Waals surface area (Å²) >= 11 is 0. The Kier molecular flexibility index (Phi) is 5.11. The number of hydrogen-bond donors (Lipinski definition) is 0. The van der Waals surface area contributed by atoms with Crippen molar-refractivity contribution >= 4 is 29.4 Å². The molecule has 4 aliphatic rings. The van der Waals surface area contributed by atoms with Gasteiger partial charge in [0.05, 0.1) is 8.07 Å². The normalized spacial score (nSPS) is 33.4. The summed E-state index contributed by atoms with van der Waals surface area (Å²) in [6.07, 6.45) is 9.24. The van der Waals surface area contributed by atoms with E-state index in [0.717, 1.165) is 17.8 Å². The first-order chi connectivity index (χ1) is 12.7. The quantitative estimate of drug-likeness (QED) is 0.411. The Bertz CT molecular complexity index is 703. The van der Waals surface area contributed by atoms with Crippen molar-refractivity contribution in [3.05, 3.63) is 15.9 Å². The summed E-state index contributed by atoms with van der Waals surface area (Å²) in [5.74, 6) is 3.14. The predicted molar refractivity (Wildman–Crippen MR) is 132 cm³/mol. The van der Waals surface area contributed by atoms with Gasteiger partial charge < -0.3 is 0 Å². The minimum atomic E-state index is -1.38. The molecule has 4 fully saturated rings. The topological polar surface area (TPSA) is 0 Å². The molecule has 0 amide bonds. The molecule has 0 N–H and O–H groups in total. The minimum Gasteiger partial charge on any atom is -0.0680 e. The van der Waals surface area contributed by atoms with Gasteiger partial charge in [0.2, 0.25) is 0 Å². The van der Waals surface area contributed by atoms with Gasteiger partial charge in [0.15, 0.2) is 0 Å². The highest BCUT2D eigenvalue weighted by Crippen LogP contribution is 2.63. The van der Waals surface area contributed by atoms with Crippen LogP contribution in [0.4, 0.5) is 0 Å². The summed E-state index contributed by atoms with van der Waals surface area (Å²) in [6, 6.07) is 0. The van der Waals surface area contributed by atoms with Crippen LogP contribution in [0.25, 0.3) is 0 Å². The maximum atomic E-state index is 2.60. The first-order valence-electron chi connectivity index (χ1n) is 11.6. The fraction of sp³-hybridized carbons (Fsp3) is 0.840. The van der Waals surface area contributed by atoms with Crippen molar-refractivity contribution in [3.63, 3.8) is 0 Å². The van der Waals surface area contributed by atoms with Crippen LogP contribution in [0.2, 0.25) is 19.6 Å². The second-order valence-electron chi connectivity index (χ2n) is 13.6. The molecule has 0 aliphatic heterocycles. The molecule has 4 saturated carbocycles. The van der Waals surface area contributed by atoms with Crippen LogP contribution in [0, 0.1) is 17.8 Å². The second kappa shape index (κ2) is 6.65. The van der Waals surface area contributed by atoms with Crippen LogP contribution >= 0.6 is 16.4 Å². The average Bonchev–Trinajstić information content (AvgIpc) is 2.49. The Labute approximate surface area is 178 Å². The third kappa shape index (κ3) is 3.72. The molecule has 156 valence electrons. The monoisotopic (exact) mass is 432 g/mol. The molecular formula is C25H42P2Si. The van der Waals surface area contributed by atoms with E-state index in [9.17, 15) is 0 Å². The summed E-state index contributed by atoms with van der Waals surface area (Å²) in [5.41, 5.74) is 2.86. The molecule has 5 rings (SSSR count). The summed E-state index contributed by atoms with van der Waals surface area (Å²) < 4.78 is 0. The van der Waals surface area contributed by atoms with Crippen molar-refractivity contribution in [2.45, 2.75) is 116 Å². The van der Waals surface area contributed by atoms with E-state index in [1.54, 1.807) is 46.5 Å². The van der Waals surface area contributed by atoms with Crippen molar-refractivity contribution in [2.24, 2.45) is 17.8 Å². The summed E-state index contributed by atoms with van der Waals surface area (Å²) in [5, 5.41) is 3.70. The van der Waals surface area contributed by atoms with Crippen LogP contribution in [0.3, 0.4) is 0 Å². The van der Waals surface area contributed by atoms with Crippen molar-refractivity contribution in [2.75, 3.05) is 0 Å². The smallest absolute Gasteiger partial charge is 0.0680 e. The van der Waals surface area contributed by atoms with Crippen LogP contribution in [-0.2, 0) is 16.2 Å². The standard InChI is InChI=1S/C25H42P2Si/c1-23(2,3)19-20(24(4,5)6)26-22(27-21(19)28(7,8)9)25-13-16-10-17(14-25)12-18(11-16)15-25/h16-18H,10-15H2,1-9H3. The molecule has 4 bridgehead atoms. The van der Waals surface area contributed by atoms with Crippen LogP contribution < -0.4 is 4.92 Å². The molecule has 0 radical (unpaired) electrons. The molecule has 0 spiro atoms. The molecule has 0 aromatic carbocycles. The van der Waals surface area contributed by atoms with E-state index in [2.05, 4.69) is 61.2 Å². The zero-order valence-electron chi connectivity index (χ0n) is 19.9. The van der Waals surface area contributed by atoms with E-state index in [0.29, 0.717) is 5.41 Å². The third-order valence-electron chi connectivity index (χ3n) is 7.59. The van der Waals surface area contributed by atoms with Gasteiger partial charge in [-0.25, -0.2) is 0 Å². The summed E-state index contributed by atoms with van der Waals surface area (Å²) in [7, 11) is 1.90. The Balaban J connectivity index is 1.95. The van der Waals surface area contributed by atoms with E-state index < -0.39 is 8.07 Å². The summed E-state index contributed by atoms with van der Waals surface area (Å²) in [6.45, 7) is 22.6. The van der Waals surface area contributed by atoms with Crippen molar-refractivity contribution in [1.82, 2.24) is 0 Å². The van der Waals surface area contributed by atoms with Gasteiger partial charge in [0.25, 0.3) is 0 Å². The van der Waals surface area contributed by atoms with Crippen LogP contribution in [0.15, 0.2) is 0 Å². The highest BCUT2D eigenvalue weighted by atomic mass is 31.1. The molecule has 1 aromatic rings. The lowest BCUT2D eigenvalue weighted by molar-refractivity contribution is -0.00190. The Morgan fingerprint density at radius 3 is 1.57 bits per heavy atom. The maximum Gasteiger partial charge on any atom is 0.0839 e. The molecule has 0 atom stereocenters. The number of rotatable bonds is 2. The highest BCUT2D eigenvalue weighted by Gasteiger charge is 2.52. The Hall–Kier alpha value is 0.297. The molecular weight excluding hydrogens is 390 g/mol. The molecule has 4 aliphatic carbocycles. The van der Waals surface area contributed by atoms with Gasteiger partial charge in [-0.05, 0) is 82.9 Å². The van der Waals surface area contributed by atoms with Crippen molar-refractivity contribution in [1.29, 1.82) is 0 Å². The molecule has 28 heavy (non-hydrogen) atoms. The van der Waals surface area contributed by atoms with E-state index in [1.807, 2.05) is 9.95 Å². The molecule has 0 unspecified atom stereocenters. The van der Waals surface area contributed by atoms with Crippen LogP contribution in [0.1, 0.15) is 96.0 Å². The number of hydrogen-bond acceptors (Lipinski definition) is 0. The fourth-order valence-electron chi connectivity index (χ4n) is 6.88. The van der Waals surface area contributed by atoms with Gasteiger partial charge in [0.1, 0.15) is 0 Å². The Morgan fingerprint density at radius 2 is 1.21 bits per heavy atom. The molecule has 0 saturated heterocycles. The van der Waals surface area contributed by atoms with E-state index >= 15 is 0 Å². The highest BCUT2D eigenvalue weighted by molar-refractivity contribution is 7.53. The lowest BCUT2D eigenvalue weighted by atomic mass is 9.50. The minimum absolute atomic E-state index is 0.255. The van der Waals surface area contributed by atoms with Gasteiger partial charge in [-0.15, -0.1) is 0 Å². The first kappa shape index (κ1) is 21.5. The zero-order valence-corrected chi connectivity index (χ0v) is 22.7. The van der Waals surface area contributed by atoms with Crippen LogP contribution in [-0.4, -0.2) is 8.07 Å². The SMILES string of the molecule is CC(C)(C)c1pc(C23CC4CC(CC(C4)C2)C3)pc([Si](C)(C)C)c1C(C)(C)C. The van der Waals surface area contributed by atoms with E-state index in [-0.39, 0.29) is 10.8 Å². The predicted octanol–water partition coefficient (Wildman–Crippen LogP) is 8.45. The lowest BCUT2D eigenvalue weighted by Gasteiger charge is -2.57. The van der Waals surface area contributed by atoms with Crippen molar-refractivity contribution in [3.8, 4) is 0 Å². The molecule has 1 heterocycles. The summed E-state index contributed by atoms with van der Waals surface area (Å²) in [4.78, 5) is 1.87. The van der Waals surface area contributed by atoms with Crippen molar-refractivity contribution < 1.29 is 0 Å². The van der Waals surface area contributed by atoms with E-state index in [4.69, 9.17) is 0 Å². The second-order valence-corrected chi connectivity index (χ2v) is 21.6. The Morgan fingerprint density at radius 1 is 0.750 bits per heavy atom. The zero-order chi connectivity index (χ0) is 20.7. The van der Waals surface area contributed by atoms with Gasteiger partial charge >= 0.3 is 0 Å². The van der Waals surface area contributed by atoms with Gasteiger partial charge in [-0.3, -0.25) is 0 Å². The van der Waals surface area contributed by atoms with Crippen LogP contribution in [0.5, 0.6) is 0 Å². The average molecular weight is 433 g/mol. The molecule has 1 aromatic heterocycles. The molecule has 3 heteroatoms. The first-order valence-corrected chi connectivity index (χ1v) is 16.9. The lowest BCUT2D eigenvalue weighted by Crippen LogP contribution is -2.49. The van der Waals surface area contributed by atoms with E-state index in [1.165, 1.54) is 19.3 Å².